The number of amides is 2. The molecule has 1 aliphatic heterocycles. The molecule has 0 saturated carbocycles. The summed E-state index contributed by atoms with van der Waals surface area (Å²) in [6.07, 6.45) is -4.46. The van der Waals surface area contributed by atoms with Gasteiger partial charge in [0.1, 0.15) is 5.82 Å². The number of para-hydroxylation sites is 1. The van der Waals surface area contributed by atoms with Gasteiger partial charge in [0, 0.05) is 45.0 Å². The van der Waals surface area contributed by atoms with Crippen LogP contribution in [0.3, 0.4) is 0 Å². The van der Waals surface area contributed by atoms with Crippen LogP contribution in [0.25, 0.3) is 0 Å². The Morgan fingerprint density at radius 2 is 1.72 bits per heavy atom. The Balaban J connectivity index is 1.40. The molecule has 1 saturated heterocycles. The van der Waals surface area contributed by atoms with Crippen molar-refractivity contribution in [3.63, 3.8) is 0 Å². The maximum absolute atomic E-state index is 13.9. The second-order valence-electron chi connectivity index (χ2n) is 6.74. The molecule has 156 valence electrons. The molecule has 0 aromatic heterocycles. The molecule has 0 atom stereocenters. The van der Waals surface area contributed by atoms with Gasteiger partial charge in [0.25, 0.3) is 0 Å². The average molecular weight is 410 g/mol. The van der Waals surface area contributed by atoms with Gasteiger partial charge >= 0.3 is 12.2 Å². The van der Waals surface area contributed by atoms with Crippen molar-refractivity contribution < 1.29 is 22.4 Å². The monoisotopic (exact) mass is 410 g/mol. The van der Waals surface area contributed by atoms with Crippen molar-refractivity contribution in [1.29, 1.82) is 0 Å². The zero-order chi connectivity index (χ0) is 20.9. The number of anilines is 2. The van der Waals surface area contributed by atoms with Gasteiger partial charge in [-0.2, -0.15) is 13.2 Å². The topological polar surface area (TPSA) is 47.6 Å². The van der Waals surface area contributed by atoms with Crippen molar-refractivity contribution in [3.05, 3.63) is 59.9 Å². The van der Waals surface area contributed by atoms with Crippen molar-refractivity contribution >= 4 is 17.4 Å². The van der Waals surface area contributed by atoms with E-state index in [2.05, 4.69) is 15.5 Å². The van der Waals surface area contributed by atoms with E-state index in [0.717, 1.165) is 25.2 Å². The Morgan fingerprint density at radius 1 is 1.00 bits per heavy atom. The zero-order valence-corrected chi connectivity index (χ0v) is 15.7. The first-order valence-corrected chi connectivity index (χ1v) is 9.27. The number of urea groups is 1. The van der Waals surface area contributed by atoms with Crippen LogP contribution in [0.4, 0.5) is 33.7 Å². The highest BCUT2D eigenvalue weighted by atomic mass is 19.4. The number of hydrogen-bond acceptors (Lipinski definition) is 3. The van der Waals surface area contributed by atoms with E-state index >= 15 is 0 Å². The Morgan fingerprint density at radius 3 is 2.41 bits per heavy atom. The fraction of sp³-hybridized carbons (Fsp3) is 0.350. The Bertz CT molecular complexity index is 835. The fourth-order valence-electron chi connectivity index (χ4n) is 3.20. The van der Waals surface area contributed by atoms with Crippen molar-refractivity contribution in [2.45, 2.75) is 6.18 Å². The number of piperazine rings is 1. The minimum absolute atomic E-state index is 0.0795. The standard InChI is InChI=1S/C20H22F4N4O/c21-17-6-1-2-7-18(17)28-12-10-27(11-13-28)9-8-25-19(29)26-16-5-3-4-15(14-16)20(22,23)24/h1-7,14H,8-13H2,(H2,25,26,29). The van der Waals surface area contributed by atoms with E-state index in [-0.39, 0.29) is 11.5 Å². The van der Waals surface area contributed by atoms with E-state index in [1.54, 1.807) is 18.2 Å². The van der Waals surface area contributed by atoms with Crippen molar-refractivity contribution in [3.8, 4) is 0 Å². The van der Waals surface area contributed by atoms with Crippen LogP contribution < -0.4 is 15.5 Å². The minimum atomic E-state index is -4.46. The maximum Gasteiger partial charge on any atom is 0.416 e. The highest BCUT2D eigenvalue weighted by Gasteiger charge is 2.30. The van der Waals surface area contributed by atoms with Crippen LogP contribution in [0.1, 0.15) is 5.56 Å². The lowest BCUT2D eigenvalue weighted by Crippen LogP contribution is -2.49. The molecule has 1 fully saturated rings. The van der Waals surface area contributed by atoms with Gasteiger partial charge in [-0.25, -0.2) is 9.18 Å². The highest BCUT2D eigenvalue weighted by Crippen LogP contribution is 2.30. The van der Waals surface area contributed by atoms with Crippen molar-refractivity contribution in [2.75, 3.05) is 49.5 Å². The number of rotatable bonds is 5. The highest BCUT2D eigenvalue weighted by molar-refractivity contribution is 5.89. The van der Waals surface area contributed by atoms with Gasteiger partial charge in [0.2, 0.25) is 0 Å². The lowest BCUT2D eigenvalue weighted by atomic mass is 10.2. The molecule has 0 bridgehead atoms. The number of alkyl halides is 3. The molecule has 2 aromatic rings. The number of carbonyl (C=O) groups excluding carboxylic acids is 1. The Kier molecular flexibility index (Phi) is 6.58. The van der Waals surface area contributed by atoms with Crippen LogP contribution in [0.5, 0.6) is 0 Å². The largest absolute Gasteiger partial charge is 0.416 e. The summed E-state index contributed by atoms with van der Waals surface area (Å²) < 4.78 is 52.0. The Hall–Kier alpha value is -2.81. The van der Waals surface area contributed by atoms with E-state index in [1.165, 1.54) is 18.2 Å². The smallest absolute Gasteiger partial charge is 0.367 e. The third kappa shape index (κ3) is 5.83. The van der Waals surface area contributed by atoms with Crippen molar-refractivity contribution in [1.82, 2.24) is 10.2 Å². The molecule has 29 heavy (non-hydrogen) atoms. The summed E-state index contributed by atoms with van der Waals surface area (Å²) in [7, 11) is 0. The summed E-state index contributed by atoms with van der Waals surface area (Å²) in [6, 6.07) is 10.6. The molecule has 2 N–H and O–H groups in total. The van der Waals surface area contributed by atoms with Crippen LogP contribution in [-0.4, -0.2) is 50.2 Å². The molecule has 2 amide bonds. The van der Waals surface area contributed by atoms with Crippen LogP contribution in [0.2, 0.25) is 0 Å². The van der Waals surface area contributed by atoms with Gasteiger partial charge in [-0.1, -0.05) is 18.2 Å². The molecule has 0 radical (unpaired) electrons. The van der Waals surface area contributed by atoms with Crippen molar-refractivity contribution in [2.24, 2.45) is 0 Å². The number of benzene rings is 2. The van der Waals surface area contributed by atoms with Crippen LogP contribution in [0, 0.1) is 5.82 Å². The van der Waals surface area contributed by atoms with E-state index in [0.29, 0.717) is 31.9 Å². The summed E-state index contributed by atoms with van der Waals surface area (Å²) in [4.78, 5) is 16.0. The molecule has 0 unspecified atom stereocenters. The SMILES string of the molecule is O=C(NCCN1CCN(c2ccccc2F)CC1)Nc1cccc(C(F)(F)F)c1. The average Bonchev–Trinajstić information content (AvgIpc) is 2.69. The number of nitrogens with zero attached hydrogens (tertiary/aromatic N) is 2. The van der Waals surface area contributed by atoms with Gasteiger partial charge in [-0.15, -0.1) is 0 Å². The van der Waals surface area contributed by atoms with Gasteiger partial charge < -0.3 is 15.5 Å². The fourth-order valence-corrected chi connectivity index (χ4v) is 3.20. The molecule has 0 aliphatic carbocycles. The number of hydrogen-bond donors (Lipinski definition) is 2. The molecule has 0 spiro atoms. The maximum atomic E-state index is 13.9. The van der Waals surface area contributed by atoms with Crippen LogP contribution in [-0.2, 0) is 6.18 Å². The lowest BCUT2D eigenvalue weighted by Gasteiger charge is -2.36. The van der Waals surface area contributed by atoms with E-state index in [1.807, 2.05) is 4.90 Å². The molecule has 1 aliphatic rings. The first-order chi connectivity index (χ1) is 13.8. The van der Waals surface area contributed by atoms with Crippen LogP contribution in [0.15, 0.2) is 48.5 Å². The van der Waals surface area contributed by atoms with Gasteiger partial charge in [-0.05, 0) is 30.3 Å². The summed E-state index contributed by atoms with van der Waals surface area (Å²) in [6.45, 7) is 3.76. The molecule has 2 aromatic carbocycles. The molecule has 5 nitrogen and oxygen atoms in total. The quantitative estimate of drug-likeness (QED) is 0.738. The normalized spacial score (nSPS) is 15.2. The summed E-state index contributed by atoms with van der Waals surface area (Å²) >= 11 is 0. The second-order valence-corrected chi connectivity index (χ2v) is 6.74. The predicted molar refractivity (Wildman–Crippen MR) is 104 cm³/mol. The van der Waals surface area contributed by atoms with Gasteiger partial charge in [0.15, 0.2) is 0 Å². The minimum Gasteiger partial charge on any atom is -0.367 e. The summed E-state index contributed by atoms with van der Waals surface area (Å²) in [5.41, 5.74) is -0.149. The molecule has 3 rings (SSSR count). The number of nitrogens with one attached hydrogen (secondary N) is 2. The second kappa shape index (κ2) is 9.13. The summed E-state index contributed by atoms with van der Waals surface area (Å²) in [5.74, 6) is -0.242. The molecule has 9 heteroatoms. The van der Waals surface area contributed by atoms with Gasteiger partial charge in [0.05, 0.1) is 11.3 Å². The Labute approximate surface area is 166 Å². The first-order valence-electron chi connectivity index (χ1n) is 9.27. The number of carbonyl (C=O) groups is 1. The lowest BCUT2D eigenvalue weighted by molar-refractivity contribution is -0.137. The molecule has 1 heterocycles. The van der Waals surface area contributed by atoms with Gasteiger partial charge in [-0.3, -0.25) is 4.90 Å². The predicted octanol–water partition coefficient (Wildman–Crippen LogP) is 3.79. The van der Waals surface area contributed by atoms with E-state index in [9.17, 15) is 22.4 Å². The third-order valence-electron chi connectivity index (χ3n) is 4.73. The van der Waals surface area contributed by atoms with Crippen LogP contribution >= 0.6 is 0 Å². The number of halogens is 4. The zero-order valence-electron chi connectivity index (χ0n) is 15.7. The van der Waals surface area contributed by atoms with E-state index in [4.69, 9.17) is 0 Å². The molecular weight excluding hydrogens is 388 g/mol. The summed E-state index contributed by atoms with van der Waals surface area (Å²) in [5, 5.41) is 5.05. The molecular formula is C20H22F4N4O. The van der Waals surface area contributed by atoms with E-state index < -0.39 is 17.8 Å². The third-order valence-corrected chi connectivity index (χ3v) is 4.73. The first kappa shape index (κ1) is 20.9.